The van der Waals surface area contributed by atoms with Crippen molar-refractivity contribution in [3.8, 4) is 0 Å². The van der Waals surface area contributed by atoms with Gasteiger partial charge in [0.2, 0.25) is 0 Å². The van der Waals surface area contributed by atoms with Crippen molar-refractivity contribution in [2.24, 2.45) is 17.6 Å². The number of anilines is 1. The highest BCUT2D eigenvalue weighted by Gasteiger charge is 2.22. The van der Waals surface area contributed by atoms with Crippen LogP contribution in [0.3, 0.4) is 0 Å². The van der Waals surface area contributed by atoms with Crippen LogP contribution in [0.4, 0.5) is 14.5 Å². The maximum absolute atomic E-state index is 13.9. The van der Waals surface area contributed by atoms with Crippen LogP contribution in [0, 0.1) is 23.5 Å². The van der Waals surface area contributed by atoms with E-state index in [1.165, 1.54) is 31.4 Å². The van der Waals surface area contributed by atoms with Crippen molar-refractivity contribution in [1.82, 2.24) is 0 Å². The summed E-state index contributed by atoms with van der Waals surface area (Å²) in [6.45, 7) is 2.89. The van der Waals surface area contributed by atoms with E-state index in [1.807, 2.05) is 0 Å². The van der Waals surface area contributed by atoms with E-state index in [-0.39, 0.29) is 16.2 Å². The predicted octanol–water partition coefficient (Wildman–Crippen LogP) is 3.84. The topological polar surface area (TPSA) is 38.0 Å². The molecule has 2 atom stereocenters. The van der Waals surface area contributed by atoms with Crippen molar-refractivity contribution in [2.75, 3.05) is 11.9 Å². The van der Waals surface area contributed by atoms with Gasteiger partial charge < -0.3 is 11.1 Å². The normalized spacial score (nSPS) is 22.6. The summed E-state index contributed by atoms with van der Waals surface area (Å²) >= 11 is 4.69. The third-order valence-electron chi connectivity index (χ3n) is 4.19. The Morgan fingerprint density at radius 1 is 1.30 bits per heavy atom. The molecule has 1 aromatic rings. The average molecular weight is 298 g/mol. The van der Waals surface area contributed by atoms with Crippen LogP contribution >= 0.6 is 12.2 Å². The number of hydrogen-bond acceptors (Lipinski definition) is 2. The van der Waals surface area contributed by atoms with Crippen LogP contribution in [0.5, 0.6) is 0 Å². The first kappa shape index (κ1) is 15.2. The summed E-state index contributed by atoms with van der Waals surface area (Å²) in [6.07, 6.45) is 4.84. The van der Waals surface area contributed by atoms with Crippen molar-refractivity contribution >= 4 is 22.9 Å². The summed E-state index contributed by atoms with van der Waals surface area (Å²) in [5.41, 5.74) is 5.48. The maximum atomic E-state index is 13.9. The smallest absolute Gasteiger partial charge is 0.182 e. The highest BCUT2D eigenvalue weighted by Crippen LogP contribution is 2.30. The van der Waals surface area contributed by atoms with Gasteiger partial charge in [0.05, 0.1) is 5.69 Å². The number of hydrogen-bond donors (Lipinski definition) is 2. The SMILES string of the molecule is CC1CCCCC1CNc1ccc(C(N)=S)c(F)c1F. The highest BCUT2D eigenvalue weighted by atomic mass is 32.1. The third kappa shape index (κ3) is 3.26. The predicted molar refractivity (Wildman–Crippen MR) is 81.9 cm³/mol. The Morgan fingerprint density at radius 2 is 2.00 bits per heavy atom. The molecule has 0 aliphatic heterocycles. The fourth-order valence-electron chi connectivity index (χ4n) is 2.81. The minimum atomic E-state index is -0.973. The Labute approximate surface area is 123 Å². The highest BCUT2D eigenvalue weighted by molar-refractivity contribution is 7.80. The largest absolute Gasteiger partial charge is 0.389 e. The molecule has 1 aromatic carbocycles. The summed E-state index contributed by atoms with van der Waals surface area (Å²) in [5, 5.41) is 3.02. The molecule has 0 saturated heterocycles. The van der Waals surface area contributed by atoms with E-state index in [2.05, 4.69) is 24.5 Å². The minimum absolute atomic E-state index is 0.0471. The van der Waals surface area contributed by atoms with Gasteiger partial charge >= 0.3 is 0 Å². The first-order chi connectivity index (χ1) is 9.50. The lowest BCUT2D eigenvalue weighted by atomic mass is 9.80. The second kappa shape index (κ2) is 6.48. The van der Waals surface area contributed by atoms with Gasteiger partial charge in [-0.05, 0) is 30.4 Å². The Hall–Kier alpha value is -1.23. The number of nitrogens with two attached hydrogens (primary N) is 1. The molecule has 2 rings (SSSR count). The molecule has 1 aliphatic carbocycles. The first-order valence-electron chi connectivity index (χ1n) is 7.02. The lowest BCUT2D eigenvalue weighted by Crippen LogP contribution is -2.25. The molecule has 2 unspecified atom stereocenters. The molecule has 0 bridgehead atoms. The summed E-state index contributed by atoms with van der Waals surface area (Å²) in [6, 6.07) is 2.92. The minimum Gasteiger partial charge on any atom is -0.389 e. The lowest BCUT2D eigenvalue weighted by molar-refractivity contribution is 0.268. The summed E-state index contributed by atoms with van der Waals surface area (Å²) in [5.74, 6) is -0.737. The van der Waals surface area contributed by atoms with Crippen LogP contribution in [-0.2, 0) is 0 Å². The molecule has 1 fully saturated rings. The molecule has 0 aromatic heterocycles. The van der Waals surface area contributed by atoms with Crippen molar-refractivity contribution in [3.63, 3.8) is 0 Å². The van der Waals surface area contributed by atoms with Gasteiger partial charge in [-0.15, -0.1) is 0 Å². The number of halogens is 2. The molecular formula is C15H20F2N2S. The molecule has 0 spiro atoms. The van der Waals surface area contributed by atoms with E-state index in [4.69, 9.17) is 5.73 Å². The molecule has 1 saturated carbocycles. The van der Waals surface area contributed by atoms with E-state index in [0.29, 0.717) is 18.4 Å². The molecule has 0 heterocycles. The van der Waals surface area contributed by atoms with E-state index >= 15 is 0 Å². The van der Waals surface area contributed by atoms with Gasteiger partial charge in [0.1, 0.15) is 4.99 Å². The van der Waals surface area contributed by atoms with E-state index < -0.39 is 11.6 Å². The fourth-order valence-corrected chi connectivity index (χ4v) is 2.97. The molecule has 2 nitrogen and oxygen atoms in total. The van der Waals surface area contributed by atoms with Crippen LogP contribution in [0.25, 0.3) is 0 Å². The quantitative estimate of drug-likeness (QED) is 0.830. The zero-order chi connectivity index (χ0) is 14.7. The average Bonchev–Trinajstić information content (AvgIpc) is 2.41. The Balaban J connectivity index is 2.06. The zero-order valence-corrected chi connectivity index (χ0v) is 12.4. The standard InChI is InChI=1S/C15H20F2N2S/c1-9-4-2-3-5-10(9)8-19-12-7-6-11(15(18)20)13(16)14(12)17/h6-7,9-10,19H,2-5,8H2,1H3,(H2,18,20). The molecule has 5 heteroatoms. The van der Waals surface area contributed by atoms with Crippen LogP contribution in [0.15, 0.2) is 12.1 Å². The number of thiocarbonyl (C=S) groups is 1. The third-order valence-corrected chi connectivity index (χ3v) is 4.41. The molecule has 1 aliphatic rings. The van der Waals surface area contributed by atoms with Crippen LogP contribution in [0.2, 0.25) is 0 Å². The van der Waals surface area contributed by atoms with E-state index in [0.717, 1.165) is 6.42 Å². The first-order valence-corrected chi connectivity index (χ1v) is 7.43. The number of rotatable bonds is 4. The van der Waals surface area contributed by atoms with Gasteiger partial charge in [0.15, 0.2) is 11.6 Å². The van der Waals surface area contributed by atoms with Crippen molar-refractivity contribution in [1.29, 1.82) is 0 Å². The van der Waals surface area contributed by atoms with Crippen LogP contribution in [-0.4, -0.2) is 11.5 Å². The van der Waals surface area contributed by atoms with Gasteiger partial charge in [-0.3, -0.25) is 0 Å². The van der Waals surface area contributed by atoms with Crippen LogP contribution in [0.1, 0.15) is 38.2 Å². The number of benzene rings is 1. The van der Waals surface area contributed by atoms with E-state index in [1.54, 1.807) is 0 Å². The molecule has 0 amide bonds. The second-order valence-corrected chi connectivity index (χ2v) is 6.00. The molecule has 3 N–H and O–H groups in total. The van der Waals surface area contributed by atoms with Gasteiger partial charge in [0.25, 0.3) is 0 Å². The van der Waals surface area contributed by atoms with Gasteiger partial charge in [-0.2, -0.15) is 0 Å². The van der Waals surface area contributed by atoms with Crippen molar-refractivity contribution < 1.29 is 8.78 Å². The molecular weight excluding hydrogens is 278 g/mol. The zero-order valence-electron chi connectivity index (χ0n) is 11.6. The fraction of sp³-hybridized carbons (Fsp3) is 0.533. The van der Waals surface area contributed by atoms with Crippen molar-refractivity contribution in [2.45, 2.75) is 32.6 Å². The van der Waals surface area contributed by atoms with Crippen molar-refractivity contribution in [3.05, 3.63) is 29.3 Å². The van der Waals surface area contributed by atoms with Gasteiger partial charge in [-0.1, -0.05) is 38.4 Å². The van der Waals surface area contributed by atoms with E-state index in [9.17, 15) is 8.78 Å². The maximum Gasteiger partial charge on any atom is 0.182 e. The molecule has 0 radical (unpaired) electrons. The molecule has 110 valence electrons. The Morgan fingerprint density at radius 3 is 2.65 bits per heavy atom. The Kier molecular flexibility index (Phi) is 4.91. The second-order valence-electron chi connectivity index (χ2n) is 5.56. The van der Waals surface area contributed by atoms with Gasteiger partial charge in [-0.25, -0.2) is 8.78 Å². The number of nitrogens with one attached hydrogen (secondary N) is 1. The summed E-state index contributed by atoms with van der Waals surface area (Å²) < 4.78 is 27.7. The Bertz CT molecular complexity index is 505. The summed E-state index contributed by atoms with van der Waals surface area (Å²) in [7, 11) is 0. The lowest BCUT2D eigenvalue weighted by Gasteiger charge is -2.29. The summed E-state index contributed by atoms with van der Waals surface area (Å²) in [4.78, 5) is -0.131. The molecule has 20 heavy (non-hydrogen) atoms. The van der Waals surface area contributed by atoms with Crippen LogP contribution < -0.4 is 11.1 Å². The monoisotopic (exact) mass is 298 g/mol. The van der Waals surface area contributed by atoms with Gasteiger partial charge in [0, 0.05) is 12.1 Å².